The molecule has 1 aliphatic rings. The van der Waals surface area contributed by atoms with E-state index in [0.717, 1.165) is 24.6 Å². The van der Waals surface area contributed by atoms with Gasteiger partial charge in [0.25, 0.3) is 0 Å². The van der Waals surface area contributed by atoms with Gasteiger partial charge in [0.1, 0.15) is 5.75 Å². The predicted molar refractivity (Wildman–Crippen MR) is 83.3 cm³/mol. The highest BCUT2D eigenvalue weighted by Crippen LogP contribution is 2.23. The van der Waals surface area contributed by atoms with Crippen LogP contribution in [0.15, 0.2) is 18.2 Å². The largest absolute Gasteiger partial charge is 0.494 e. The van der Waals surface area contributed by atoms with Gasteiger partial charge in [0.15, 0.2) is 0 Å². The number of rotatable bonds is 7. The molecule has 1 aromatic rings. The highest BCUT2D eigenvalue weighted by Gasteiger charge is 2.12. The lowest BCUT2D eigenvalue weighted by atomic mass is 9.98. The van der Waals surface area contributed by atoms with Crippen molar-refractivity contribution in [2.45, 2.75) is 45.1 Å². The maximum Gasteiger partial charge on any atom is 0.123 e. The molecule has 0 spiro atoms. The first-order valence-corrected chi connectivity index (χ1v) is 7.67. The molecule has 0 atom stereocenters. The number of hydrogen-bond acceptors (Lipinski definition) is 4. The van der Waals surface area contributed by atoms with Crippen molar-refractivity contribution in [1.82, 2.24) is 0 Å². The summed E-state index contributed by atoms with van der Waals surface area (Å²) in [7, 11) is 0. The summed E-state index contributed by atoms with van der Waals surface area (Å²) >= 11 is 0. The van der Waals surface area contributed by atoms with Crippen LogP contribution in [-0.4, -0.2) is 25.9 Å². The van der Waals surface area contributed by atoms with Crippen LogP contribution in [0.5, 0.6) is 5.75 Å². The third kappa shape index (κ3) is 4.93. The zero-order valence-corrected chi connectivity index (χ0v) is 12.4. The van der Waals surface area contributed by atoms with E-state index in [1.165, 1.54) is 32.1 Å². The van der Waals surface area contributed by atoms with E-state index in [9.17, 15) is 0 Å². The average molecular weight is 278 g/mol. The van der Waals surface area contributed by atoms with Crippen LogP contribution in [-0.2, 0) is 4.74 Å². The fraction of sp³-hybridized carbons (Fsp3) is 0.625. The first-order valence-electron chi connectivity index (χ1n) is 7.67. The number of hydrogen-bond donors (Lipinski definition) is 2. The molecule has 0 aromatic heterocycles. The van der Waals surface area contributed by atoms with Crippen LogP contribution >= 0.6 is 0 Å². The molecule has 0 radical (unpaired) electrons. The molecular weight excluding hydrogens is 252 g/mol. The SMILES string of the molecule is CCOc1cc(N)cc(NCCOC2CCCCC2)c1. The molecule has 4 nitrogen and oxygen atoms in total. The number of ether oxygens (including phenoxy) is 2. The predicted octanol–water partition coefficient (Wildman–Crippen LogP) is 3.43. The van der Waals surface area contributed by atoms with Gasteiger partial charge >= 0.3 is 0 Å². The fourth-order valence-corrected chi connectivity index (χ4v) is 2.63. The van der Waals surface area contributed by atoms with E-state index in [1.54, 1.807) is 0 Å². The molecule has 4 heteroatoms. The van der Waals surface area contributed by atoms with Gasteiger partial charge < -0.3 is 20.5 Å². The third-order valence-electron chi connectivity index (χ3n) is 3.58. The van der Waals surface area contributed by atoms with Crippen LogP contribution in [0, 0.1) is 0 Å². The molecule has 1 aliphatic carbocycles. The number of nitrogen functional groups attached to an aromatic ring is 1. The van der Waals surface area contributed by atoms with E-state index in [2.05, 4.69) is 5.32 Å². The standard InChI is InChI=1S/C16H26N2O2/c1-2-19-16-11-13(17)10-14(12-16)18-8-9-20-15-6-4-3-5-7-15/h10-12,15,18H,2-9,17H2,1H3. The molecule has 20 heavy (non-hydrogen) atoms. The second kappa shape index (κ2) is 8.00. The Morgan fingerprint density at radius 1 is 1.20 bits per heavy atom. The summed E-state index contributed by atoms with van der Waals surface area (Å²) in [4.78, 5) is 0. The van der Waals surface area contributed by atoms with Gasteiger partial charge in [0.2, 0.25) is 0 Å². The molecule has 3 N–H and O–H groups in total. The molecule has 112 valence electrons. The molecule has 0 bridgehead atoms. The molecule has 0 aliphatic heterocycles. The smallest absolute Gasteiger partial charge is 0.123 e. The van der Waals surface area contributed by atoms with Crippen molar-refractivity contribution in [1.29, 1.82) is 0 Å². The number of benzene rings is 1. The van der Waals surface area contributed by atoms with E-state index in [-0.39, 0.29) is 0 Å². The van der Waals surface area contributed by atoms with Crippen molar-refractivity contribution in [3.05, 3.63) is 18.2 Å². The number of nitrogens with two attached hydrogens (primary N) is 1. The molecule has 2 rings (SSSR count). The second-order valence-corrected chi connectivity index (χ2v) is 5.28. The van der Waals surface area contributed by atoms with Gasteiger partial charge in [-0.25, -0.2) is 0 Å². The summed E-state index contributed by atoms with van der Waals surface area (Å²) in [5.41, 5.74) is 7.56. The van der Waals surface area contributed by atoms with Crippen molar-refractivity contribution in [2.75, 3.05) is 30.8 Å². The molecule has 1 saturated carbocycles. The topological polar surface area (TPSA) is 56.5 Å². The Bertz CT molecular complexity index is 403. The molecule has 0 unspecified atom stereocenters. The Morgan fingerprint density at radius 2 is 2.00 bits per heavy atom. The van der Waals surface area contributed by atoms with Crippen LogP contribution in [0.25, 0.3) is 0 Å². The van der Waals surface area contributed by atoms with E-state index >= 15 is 0 Å². The third-order valence-corrected chi connectivity index (χ3v) is 3.58. The summed E-state index contributed by atoms with van der Waals surface area (Å²) in [5.74, 6) is 0.809. The van der Waals surface area contributed by atoms with Crippen LogP contribution in [0.4, 0.5) is 11.4 Å². The van der Waals surface area contributed by atoms with Crippen molar-refractivity contribution < 1.29 is 9.47 Å². The van der Waals surface area contributed by atoms with Crippen LogP contribution in [0.3, 0.4) is 0 Å². The lowest BCUT2D eigenvalue weighted by Gasteiger charge is -2.22. The lowest BCUT2D eigenvalue weighted by molar-refractivity contribution is 0.0347. The molecule has 1 aromatic carbocycles. The van der Waals surface area contributed by atoms with Gasteiger partial charge in [0.05, 0.1) is 19.3 Å². The van der Waals surface area contributed by atoms with Gasteiger partial charge in [0, 0.05) is 30.1 Å². The van der Waals surface area contributed by atoms with Gasteiger partial charge in [-0.05, 0) is 25.8 Å². The molecule has 1 fully saturated rings. The summed E-state index contributed by atoms with van der Waals surface area (Å²) < 4.78 is 11.4. The first kappa shape index (κ1) is 15.0. The zero-order valence-electron chi connectivity index (χ0n) is 12.4. The van der Waals surface area contributed by atoms with Gasteiger partial charge in [-0.1, -0.05) is 19.3 Å². The Labute approximate surface area is 121 Å². The minimum atomic E-state index is 0.463. The minimum Gasteiger partial charge on any atom is -0.494 e. The Hall–Kier alpha value is -1.42. The van der Waals surface area contributed by atoms with Crippen LogP contribution < -0.4 is 15.8 Å². The fourth-order valence-electron chi connectivity index (χ4n) is 2.63. The van der Waals surface area contributed by atoms with Crippen molar-refractivity contribution in [2.24, 2.45) is 0 Å². The maximum atomic E-state index is 5.89. The lowest BCUT2D eigenvalue weighted by Crippen LogP contribution is -2.20. The Morgan fingerprint density at radius 3 is 2.75 bits per heavy atom. The van der Waals surface area contributed by atoms with Gasteiger partial charge in [-0.3, -0.25) is 0 Å². The zero-order chi connectivity index (χ0) is 14.2. The van der Waals surface area contributed by atoms with E-state index < -0.39 is 0 Å². The van der Waals surface area contributed by atoms with E-state index in [0.29, 0.717) is 18.4 Å². The van der Waals surface area contributed by atoms with Crippen molar-refractivity contribution in [3.8, 4) is 5.75 Å². The minimum absolute atomic E-state index is 0.463. The Balaban J connectivity index is 1.72. The summed E-state index contributed by atoms with van der Waals surface area (Å²) in [5, 5.41) is 3.34. The highest BCUT2D eigenvalue weighted by molar-refractivity contribution is 5.59. The highest BCUT2D eigenvalue weighted by atomic mass is 16.5. The van der Waals surface area contributed by atoms with Crippen molar-refractivity contribution >= 4 is 11.4 Å². The van der Waals surface area contributed by atoms with E-state index in [4.69, 9.17) is 15.2 Å². The Kier molecular flexibility index (Phi) is 5.99. The normalized spacial score (nSPS) is 16.1. The number of anilines is 2. The quantitative estimate of drug-likeness (QED) is 0.592. The molecule has 0 heterocycles. The summed E-state index contributed by atoms with van der Waals surface area (Å²) in [6.45, 7) is 4.15. The maximum absolute atomic E-state index is 5.89. The van der Waals surface area contributed by atoms with Gasteiger partial charge in [-0.15, -0.1) is 0 Å². The molecule has 0 saturated heterocycles. The summed E-state index contributed by atoms with van der Waals surface area (Å²) in [6, 6.07) is 5.73. The summed E-state index contributed by atoms with van der Waals surface area (Å²) in [6.07, 6.45) is 6.88. The monoisotopic (exact) mass is 278 g/mol. The van der Waals surface area contributed by atoms with Gasteiger partial charge in [-0.2, -0.15) is 0 Å². The molecule has 0 amide bonds. The first-order chi connectivity index (χ1) is 9.78. The van der Waals surface area contributed by atoms with Crippen LogP contribution in [0.2, 0.25) is 0 Å². The van der Waals surface area contributed by atoms with E-state index in [1.807, 2.05) is 25.1 Å². The van der Waals surface area contributed by atoms with Crippen LogP contribution in [0.1, 0.15) is 39.0 Å². The second-order valence-electron chi connectivity index (χ2n) is 5.28. The average Bonchev–Trinajstić information content (AvgIpc) is 2.45. The molecular formula is C16H26N2O2. The van der Waals surface area contributed by atoms with Crippen molar-refractivity contribution in [3.63, 3.8) is 0 Å². The number of nitrogens with one attached hydrogen (secondary N) is 1.